The van der Waals surface area contributed by atoms with E-state index in [2.05, 4.69) is 4.98 Å². The summed E-state index contributed by atoms with van der Waals surface area (Å²) in [6, 6.07) is 17.5. The summed E-state index contributed by atoms with van der Waals surface area (Å²) in [5.41, 5.74) is 3.52. The molecule has 0 saturated carbocycles. The number of nitrogens with zero attached hydrogens (tertiary/aromatic N) is 2. The topological polar surface area (TPSA) is 70.5 Å². The van der Waals surface area contributed by atoms with Crippen LogP contribution >= 0.6 is 23.4 Å². The van der Waals surface area contributed by atoms with Crippen molar-refractivity contribution in [2.24, 2.45) is 5.92 Å². The summed E-state index contributed by atoms with van der Waals surface area (Å²) in [6.07, 6.45) is 3.91. The van der Waals surface area contributed by atoms with Gasteiger partial charge in [-0.1, -0.05) is 61.0 Å². The number of carbonyl (C=O) groups excluding carboxylic acids is 1. The number of carboxylic acids is 1. The van der Waals surface area contributed by atoms with Crippen molar-refractivity contribution in [3.8, 4) is 0 Å². The fourth-order valence-corrected chi connectivity index (χ4v) is 4.68. The standard InChI is InChI=1S/C26H27ClN2O3S/c1-17(26(31)32)15-33-16-23(25(30)29(2)3)20-6-4-5-18(13-20)7-11-22-12-9-19-8-10-21(27)14-24(19)28-22/h4-14,17,23H,15-16H2,1-3H3,(H,31,32)/b11-7+. The van der Waals surface area contributed by atoms with Crippen molar-refractivity contribution in [3.05, 3.63) is 76.4 Å². The molecule has 1 aromatic heterocycles. The number of aromatic nitrogens is 1. The molecule has 0 aliphatic rings. The Morgan fingerprint density at radius 3 is 2.58 bits per heavy atom. The number of halogens is 1. The second kappa shape index (κ2) is 11.3. The third-order valence-electron chi connectivity index (χ3n) is 5.25. The maximum absolute atomic E-state index is 12.9. The molecule has 0 saturated heterocycles. The van der Waals surface area contributed by atoms with Crippen LogP contribution in [0.25, 0.3) is 23.1 Å². The van der Waals surface area contributed by atoms with Crippen LogP contribution in [0.1, 0.15) is 29.7 Å². The molecule has 1 N–H and O–H groups in total. The van der Waals surface area contributed by atoms with Gasteiger partial charge in [0, 0.05) is 36.0 Å². The number of rotatable bonds is 9. The maximum Gasteiger partial charge on any atom is 0.307 e. The fourth-order valence-electron chi connectivity index (χ4n) is 3.32. The van der Waals surface area contributed by atoms with Gasteiger partial charge in [0.15, 0.2) is 0 Å². The van der Waals surface area contributed by atoms with Crippen LogP contribution in [0.15, 0.2) is 54.6 Å². The Kier molecular flexibility index (Phi) is 8.53. The lowest BCUT2D eigenvalue weighted by Crippen LogP contribution is -2.30. The van der Waals surface area contributed by atoms with Gasteiger partial charge in [-0.05, 0) is 35.4 Å². The third kappa shape index (κ3) is 6.83. The molecule has 1 heterocycles. The van der Waals surface area contributed by atoms with E-state index in [1.54, 1.807) is 25.9 Å². The van der Waals surface area contributed by atoms with E-state index in [1.807, 2.05) is 66.7 Å². The van der Waals surface area contributed by atoms with Crippen LogP contribution in [-0.4, -0.2) is 52.5 Å². The first-order chi connectivity index (χ1) is 15.7. The number of fused-ring (bicyclic) bond motifs is 1. The molecule has 172 valence electrons. The van der Waals surface area contributed by atoms with Crippen molar-refractivity contribution in [1.82, 2.24) is 9.88 Å². The molecule has 2 unspecified atom stereocenters. The normalized spacial score (nSPS) is 13.2. The summed E-state index contributed by atoms with van der Waals surface area (Å²) in [5.74, 6) is -0.642. The van der Waals surface area contributed by atoms with Crippen molar-refractivity contribution in [2.75, 3.05) is 25.6 Å². The minimum absolute atomic E-state index is 0.000294. The molecule has 3 aromatic rings. The van der Waals surface area contributed by atoms with Gasteiger partial charge in [0.2, 0.25) is 5.91 Å². The van der Waals surface area contributed by atoms with Crippen LogP contribution in [0.4, 0.5) is 0 Å². The summed E-state index contributed by atoms with van der Waals surface area (Å²) in [5, 5.41) is 10.8. The van der Waals surface area contributed by atoms with E-state index in [0.717, 1.165) is 27.7 Å². The van der Waals surface area contributed by atoms with E-state index in [9.17, 15) is 9.59 Å². The number of aliphatic carboxylic acids is 1. The van der Waals surface area contributed by atoms with Gasteiger partial charge in [-0.3, -0.25) is 9.59 Å². The van der Waals surface area contributed by atoms with Crippen LogP contribution in [0.3, 0.4) is 0 Å². The van der Waals surface area contributed by atoms with Gasteiger partial charge < -0.3 is 10.0 Å². The minimum Gasteiger partial charge on any atom is -0.481 e. The second-order valence-electron chi connectivity index (χ2n) is 8.14. The zero-order chi connectivity index (χ0) is 24.0. The van der Waals surface area contributed by atoms with E-state index < -0.39 is 11.9 Å². The van der Waals surface area contributed by atoms with Gasteiger partial charge in [-0.15, -0.1) is 0 Å². The van der Waals surface area contributed by atoms with Gasteiger partial charge in [0.05, 0.1) is 23.0 Å². The van der Waals surface area contributed by atoms with E-state index in [4.69, 9.17) is 16.7 Å². The molecule has 5 nitrogen and oxygen atoms in total. The van der Waals surface area contributed by atoms with Gasteiger partial charge in [-0.2, -0.15) is 11.8 Å². The van der Waals surface area contributed by atoms with Crippen molar-refractivity contribution in [3.63, 3.8) is 0 Å². The van der Waals surface area contributed by atoms with Crippen LogP contribution in [-0.2, 0) is 9.59 Å². The van der Waals surface area contributed by atoms with Crippen molar-refractivity contribution < 1.29 is 14.7 Å². The summed E-state index contributed by atoms with van der Waals surface area (Å²) in [6.45, 7) is 1.68. The quantitative estimate of drug-likeness (QED) is 0.424. The van der Waals surface area contributed by atoms with E-state index in [0.29, 0.717) is 16.5 Å². The van der Waals surface area contributed by atoms with Gasteiger partial charge in [0.25, 0.3) is 0 Å². The van der Waals surface area contributed by atoms with Crippen LogP contribution < -0.4 is 0 Å². The lowest BCUT2D eigenvalue weighted by molar-refractivity contribution is -0.140. The van der Waals surface area contributed by atoms with E-state index in [-0.39, 0.29) is 11.8 Å². The van der Waals surface area contributed by atoms with E-state index in [1.165, 1.54) is 11.8 Å². The predicted molar refractivity (Wildman–Crippen MR) is 138 cm³/mol. The average molecular weight is 483 g/mol. The Morgan fingerprint density at radius 2 is 1.85 bits per heavy atom. The van der Waals surface area contributed by atoms with Gasteiger partial charge in [0.1, 0.15) is 0 Å². The number of pyridine rings is 1. The number of hydrogen-bond acceptors (Lipinski definition) is 4. The molecule has 0 spiro atoms. The number of carbonyl (C=O) groups is 2. The average Bonchev–Trinajstić information content (AvgIpc) is 2.79. The lowest BCUT2D eigenvalue weighted by atomic mass is 9.97. The monoisotopic (exact) mass is 482 g/mol. The SMILES string of the molecule is CC(CSCC(C(=O)N(C)C)c1cccc(/C=C/c2ccc3ccc(Cl)cc3n2)c1)C(=O)O. The number of carboxylic acid groups (broad SMARTS) is 1. The summed E-state index contributed by atoms with van der Waals surface area (Å²) in [4.78, 5) is 30.2. The molecule has 0 radical (unpaired) electrons. The van der Waals surface area contributed by atoms with Gasteiger partial charge in [-0.25, -0.2) is 4.98 Å². The first-order valence-corrected chi connectivity index (χ1v) is 12.1. The molecule has 7 heteroatoms. The number of benzene rings is 2. The number of thioether (sulfide) groups is 1. The molecule has 2 atom stereocenters. The Hall–Kier alpha value is -2.83. The van der Waals surface area contributed by atoms with Crippen LogP contribution in [0.2, 0.25) is 5.02 Å². The van der Waals surface area contributed by atoms with Crippen molar-refractivity contribution in [1.29, 1.82) is 0 Å². The number of hydrogen-bond donors (Lipinski definition) is 1. The molecule has 0 bridgehead atoms. The highest BCUT2D eigenvalue weighted by atomic mass is 35.5. The zero-order valence-electron chi connectivity index (χ0n) is 18.9. The minimum atomic E-state index is -0.824. The molecule has 1 amide bonds. The molecule has 0 aliphatic heterocycles. The third-order valence-corrected chi connectivity index (χ3v) is 6.79. The zero-order valence-corrected chi connectivity index (χ0v) is 20.4. The first kappa shape index (κ1) is 24.8. The summed E-state index contributed by atoms with van der Waals surface area (Å²) in [7, 11) is 3.47. The molecule has 0 aliphatic carbocycles. The van der Waals surface area contributed by atoms with E-state index >= 15 is 0 Å². The molecule has 0 fully saturated rings. The highest BCUT2D eigenvalue weighted by molar-refractivity contribution is 7.99. The van der Waals surface area contributed by atoms with Crippen molar-refractivity contribution in [2.45, 2.75) is 12.8 Å². The molecular weight excluding hydrogens is 456 g/mol. The van der Waals surface area contributed by atoms with Crippen LogP contribution in [0.5, 0.6) is 0 Å². The molecular formula is C26H27ClN2O3S. The fraction of sp³-hybridized carbons (Fsp3) is 0.269. The first-order valence-electron chi connectivity index (χ1n) is 10.6. The smallest absolute Gasteiger partial charge is 0.307 e. The Morgan fingerprint density at radius 1 is 1.09 bits per heavy atom. The highest BCUT2D eigenvalue weighted by Gasteiger charge is 2.23. The molecule has 33 heavy (non-hydrogen) atoms. The summed E-state index contributed by atoms with van der Waals surface area (Å²) < 4.78 is 0. The largest absolute Gasteiger partial charge is 0.481 e. The summed E-state index contributed by atoms with van der Waals surface area (Å²) >= 11 is 7.58. The second-order valence-corrected chi connectivity index (χ2v) is 9.65. The highest BCUT2D eigenvalue weighted by Crippen LogP contribution is 2.26. The Balaban J connectivity index is 1.80. The van der Waals surface area contributed by atoms with Crippen molar-refractivity contribution >= 4 is 58.3 Å². The lowest BCUT2D eigenvalue weighted by Gasteiger charge is -2.21. The predicted octanol–water partition coefficient (Wildman–Crippen LogP) is 5.68. The molecule has 3 rings (SSSR count). The van der Waals surface area contributed by atoms with Crippen LogP contribution in [0, 0.1) is 5.92 Å². The van der Waals surface area contributed by atoms with Gasteiger partial charge >= 0.3 is 5.97 Å². The maximum atomic E-state index is 12.9. The Labute approximate surface area is 203 Å². The molecule has 2 aromatic carbocycles. The Bertz CT molecular complexity index is 1180. The number of amides is 1. The number of likely N-dealkylation sites (N-methyl/N-ethyl adjacent to an activating group) is 1.